The Morgan fingerprint density at radius 1 is 1.64 bits per heavy atom. The number of rotatable bonds is 3. The van der Waals surface area contributed by atoms with Gasteiger partial charge >= 0.3 is 0 Å². The summed E-state index contributed by atoms with van der Waals surface area (Å²) in [7, 11) is 0. The Labute approximate surface area is 69.1 Å². The minimum Gasteiger partial charge on any atom is -0.507 e. The molecule has 0 bridgehead atoms. The van der Waals surface area contributed by atoms with Crippen molar-refractivity contribution in [2.24, 2.45) is 5.73 Å². The van der Waals surface area contributed by atoms with Gasteiger partial charge in [0.15, 0.2) is 0 Å². The highest BCUT2D eigenvalue weighted by Crippen LogP contribution is 2.25. The van der Waals surface area contributed by atoms with E-state index in [0.717, 1.165) is 4.88 Å². The average Bonchev–Trinajstić information content (AvgIpc) is 2.36. The smallest absolute Gasteiger partial charge is 0.126 e. The van der Waals surface area contributed by atoms with Crippen molar-refractivity contribution in [1.29, 1.82) is 0 Å². The first-order valence-corrected chi connectivity index (χ1v) is 4.26. The average molecular weight is 173 g/mol. The molecule has 4 heteroatoms. The quantitative estimate of drug-likeness (QED) is 0.634. The van der Waals surface area contributed by atoms with Crippen LogP contribution < -0.4 is 5.73 Å². The van der Waals surface area contributed by atoms with Crippen LogP contribution in [-0.2, 0) is 0 Å². The minimum atomic E-state index is -0.147. The highest BCUT2D eigenvalue weighted by atomic mass is 32.1. The van der Waals surface area contributed by atoms with Gasteiger partial charge in [0, 0.05) is 22.9 Å². The van der Waals surface area contributed by atoms with E-state index in [9.17, 15) is 0 Å². The third-order valence-electron chi connectivity index (χ3n) is 1.41. The zero-order valence-corrected chi connectivity index (χ0v) is 6.84. The van der Waals surface area contributed by atoms with E-state index < -0.39 is 0 Å². The molecule has 0 aromatic carbocycles. The molecule has 11 heavy (non-hydrogen) atoms. The summed E-state index contributed by atoms with van der Waals surface area (Å²) >= 11 is 1.41. The van der Waals surface area contributed by atoms with Crippen LogP contribution >= 0.6 is 11.3 Å². The molecule has 62 valence electrons. The number of aliphatic hydroxyl groups excluding tert-OH is 1. The Bertz CT molecular complexity index is 224. The lowest BCUT2D eigenvalue weighted by Gasteiger charge is -2.05. The Morgan fingerprint density at radius 3 is 2.82 bits per heavy atom. The van der Waals surface area contributed by atoms with Crippen LogP contribution in [0.5, 0.6) is 5.75 Å². The van der Waals surface area contributed by atoms with Gasteiger partial charge in [-0.2, -0.15) is 0 Å². The second-order valence-corrected chi connectivity index (χ2v) is 3.27. The fourth-order valence-corrected chi connectivity index (χ4v) is 1.62. The third-order valence-corrected chi connectivity index (χ3v) is 2.46. The molecule has 0 radical (unpaired) electrons. The molecule has 0 spiro atoms. The summed E-state index contributed by atoms with van der Waals surface area (Å²) in [6.45, 7) is 0.0832. The van der Waals surface area contributed by atoms with Crippen molar-refractivity contribution in [3.63, 3.8) is 0 Å². The number of hydrogen-bond acceptors (Lipinski definition) is 4. The van der Waals surface area contributed by atoms with Crippen LogP contribution in [0, 0.1) is 0 Å². The summed E-state index contributed by atoms with van der Waals surface area (Å²) in [6.07, 6.45) is 0.542. The first-order chi connectivity index (χ1) is 5.24. The number of hydrogen-bond donors (Lipinski definition) is 3. The first kappa shape index (κ1) is 8.52. The molecule has 0 saturated carbocycles. The second kappa shape index (κ2) is 3.71. The Hall–Kier alpha value is -0.580. The molecule has 1 rings (SSSR count). The van der Waals surface area contributed by atoms with Crippen LogP contribution in [0.1, 0.15) is 17.3 Å². The molecule has 0 aliphatic heterocycles. The molecule has 0 aliphatic carbocycles. The summed E-state index contributed by atoms with van der Waals surface area (Å²) in [4.78, 5) is 0.913. The highest BCUT2D eigenvalue weighted by molar-refractivity contribution is 7.10. The summed E-state index contributed by atoms with van der Waals surface area (Å²) in [5.74, 6) is 0.249. The maximum atomic E-state index is 8.96. The third kappa shape index (κ3) is 2.18. The normalized spacial score (nSPS) is 13.3. The van der Waals surface area contributed by atoms with Crippen LogP contribution in [0.4, 0.5) is 0 Å². The van der Waals surface area contributed by atoms with Crippen LogP contribution in [0.2, 0.25) is 0 Å². The van der Waals surface area contributed by atoms with Gasteiger partial charge in [-0.3, -0.25) is 0 Å². The SMILES string of the molecule is N[C@@H](CCO)c1cc(O)cs1. The van der Waals surface area contributed by atoms with E-state index in [-0.39, 0.29) is 18.4 Å². The molecule has 1 aromatic heterocycles. The van der Waals surface area contributed by atoms with Crippen LogP contribution in [0.15, 0.2) is 11.4 Å². The van der Waals surface area contributed by atoms with Crippen molar-refractivity contribution in [3.8, 4) is 5.75 Å². The van der Waals surface area contributed by atoms with Gasteiger partial charge in [-0.25, -0.2) is 0 Å². The minimum absolute atomic E-state index is 0.0832. The lowest BCUT2D eigenvalue weighted by Crippen LogP contribution is -2.09. The number of thiophene rings is 1. The van der Waals surface area contributed by atoms with E-state index in [2.05, 4.69) is 0 Å². The van der Waals surface area contributed by atoms with E-state index in [1.807, 2.05) is 0 Å². The molecule has 0 amide bonds. The van der Waals surface area contributed by atoms with E-state index in [1.165, 1.54) is 11.3 Å². The summed E-state index contributed by atoms with van der Waals surface area (Å²) < 4.78 is 0. The number of nitrogens with two attached hydrogens (primary N) is 1. The van der Waals surface area contributed by atoms with Crippen molar-refractivity contribution in [1.82, 2.24) is 0 Å². The second-order valence-electron chi connectivity index (χ2n) is 2.33. The van der Waals surface area contributed by atoms with Gasteiger partial charge in [-0.15, -0.1) is 11.3 Å². The number of aromatic hydroxyl groups is 1. The van der Waals surface area contributed by atoms with Gasteiger partial charge < -0.3 is 15.9 Å². The van der Waals surface area contributed by atoms with Crippen LogP contribution in [-0.4, -0.2) is 16.8 Å². The van der Waals surface area contributed by atoms with Gasteiger partial charge in [0.1, 0.15) is 5.75 Å². The molecular formula is C7H11NO2S. The van der Waals surface area contributed by atoms with Gasteiger partial charge in [-0.1, -0.05) is 0 Å². The molecule has 0 unspecified atom stereocenters. The van der Waals surface area contributed by atoms with Crippen molar-refractivity contribution >= 4 is 11.3 Å². The summed E-state index contributed by atoms with van der Waals surface area (Å²) in [5.41, 5.74) is 5.66. The zero-order chi connectivity index (χ0) is 8.27. The van der Waals surface area contributed by atoms with Gasteiger partial charge in [0.25, 0.3) is 0 Å². The Balaban J connectivity index is 2.60. The molecule has 3 nitrogen and oxygen atoms in total. The van der Waals surface area contributed by atoms with E-state index in [1.54, 1.807) is 11.4 Å². The molecule has 4 N–H and O–H groups in total. The molecule has 1 atom stereocenters. The molecule has 0 saturated heterocycles. The van der Waals surface area contributed by atoms with Crippen molar-refractivity contribution in [2.45, 2.75) is 12.5 Å². The summed E-state index contributed by atoms with van der Waals surface area (Å²) in [5, 5.41) is 19.2. The molecular weight excluding hydrogens is 162 g/mol. The number of aliphatic hydroxyl groups is 1. The lowest BCUT2D eigenvalue weighted by atomic mass is 10.2. The fraction of sp³-hybridized carbons (Fsp3) is 0.429. The maximum Gasteiger partial charge on any atom is 0.126 e. The molecule has 1 heterocycles. The Kier molecular flexibility index (Phi) is 2.87. The lowest BCUT2D eigenvalue weighted by molar-refractivity contribution is 0.277. The van der Waals surface area contributed by atoms with Crippen LogP contribution in [0.3, 0.4) is 0 Å². The fourth-order valence-electron chi connectivity index (χ4n) is 0.818. The highest BCUT2D eigenvalue weighted by Gasteiger charge is 2.07. The molecule has 1 aromatic rings. The Morgan fingerprint density at radius 2 is 2.36 bits per heavy atom. The van der Waals surface area contributed by atoms with Crippen LogP contribution in [0.25, 0.3) is 0 Å². The maximum absolute atomic E-state index is 8.96. The van der Waals surface area contributed by atoms with E-state index >= 15 is 0 Å². The summed E-state index contributed by atoms with van der Waals surface area (Å²) in [6, 6.07) is 1.48. The van der Waals surface area contributed by atoms with Gasteiger partial charge in [-0.05, 0) is 12.5 Å². The predicted molar refractivity (Wildman–Crippen MR) is 44.6 cm³/mol. The van der Waals surface area contributed by atoms with Crippen molar-refractivity contribution in [3.05, 3.63) is 16.3 Å². The molecule has 0 aliphatic rings. The van der Waals surface area contributed by atoms with Gasteiger partial charge in [0.05, 0.1) is 0 Å². The van der Waals surface area contributed by atoms with Crippen molar-refractivity contribution in [2.75, 3.05) is 6.61 Å². The standard InChI is InChI=1S/C7H11NO2S/c8-6(1-2-9)7-3-5(10)4-11-7/h3-4,6,9-10H,1-2,8H2/t6-/m0/s1. The topological polar surface area (TPSA) is 66.5 Å². The van der Waals surface area contributed by atoms with Gasteiger partial charge in [0.2, 0.25) is 0 Å². The first-order valence-electron chi connectivity index (χ1n) is 3.38. The largest absolute Gasteiger partial charge is 0.507 e. The van der Waals surface area contributed by atoms with E-state index in [4.69, 9.17) is 15.9 Å². The monoisotopic (exact) mass is 173 g/mol. The predicted octanol–water partition coefficient (Wildman–Crippen LogP) is 0.836. The zero-order valence-electron chi connectivity index (χ0n) is 6.03. The molecule has 0 fully saturated rings. The van der Waals surface area contributed by atoms with E-state index in [0.29, 0.717) is 6.42 Å². The van der Waals surface area contributed by atoms with Crippen molar-refractivity contribution < 1.29 is 10.2 Å².